The van der Waals surface area contributed by atoms with Gasteiger partial charge in [-0.25, -0.2) is 4.39 Å². The van der Waals surface area contributed by atoms with Gasteiger partial charge in [0.05, 0.1) is 11.6 Å². The number of carbonyl (C=O) groups is 2. The Morgan fingerprint density at radius 3 is 2.61 bits per heavy atom. The van der Waals surface area contributed by atoms with Crippen molar-refractivity contribution < 1.29 is 14.0 Å². The van der Waals surface area contributed by atoms with Crippen LogP contribution in [0.2, 0.25) is 0 Å². The normalized spacial score (nSPS) is 17.8. The highest BCUT2D eigenvalue weighted by atomic mass is 19.1. The number of aromatic nitrogens is 1. The van der Waals surface area contributed by atoms with Gasteiger partial charge in [0, 0.05) is 38.4 Å². The number of amides is 2. The van der Waals surface area contributed by atoms with Gasteiger partial charge in [-0.05, 0) is 42.2 Å². The van der Waals surface area contributed by atoms with Crippen molar-refractivity contribution in [2.75, 3.05) is 13.1 Å². The Balaban J connectivity index is 1.83. The van der Waals surface area contributed by atoms with E-state index in [0.717, 1.165) is 11.1 Å². The monoisotopic (exact) mass is 383 g/mol. The quantitative estimate of drug-likeness (QED) is 0.813. The molecule has 0 unspecified atom stereocenters. The van der Waals surface area contributed by atoms with Crippen molar-refractivity contribution in [1.82, 2.24) is 14.8 Å². The van der Waals surface area contributed by atoms with E-state index in [4.69, 9.17) is 0 Å². The van der Waals surface area contributed by atoms with Crippen LogP contribution in [0.1, 0.15) is 41.8 Å². The maximum atomic E-state index is 13.2. The fraction of sp³-hybridized carbons (Fsp3) is 0.409. The lowest BCUT2D eigenvalue weighted by Gasteiger charge is -2.34. The van der Waals surface area contributed by atoms with E-state index >= 15 is 0 Å². The Kier molecular flexibility index (Phi) is 6.07. The number of aryl methyl sites for hydroxylation is 1. The SMILES string of the molecule is Cc1cncc(C(=O)N2CCC(=O)N(Cc3ccc(F)cc3)[C@@H](C(C)C)C2)c1. The van der Waals surface area contributed by atoms with Gasteiger partial charge >= 0.3 is 0 Å². The molecule has 2 amide bonds. The van der Waals surface area contributed by atoms with E-state index in [2.05, 4.69) is 18.8 Å². The number of hydrogen-bond acceptors (Lipinski definition) is 3. The van der Waals surface area contributed by atoms with Gasteiger partial charge in [-0.3, -0.25) is 14.6 Å². The highest BCUT2D eigenvalue weighted by Gasteiger charge is 2.33. The third-order valence-electron chi connectivity index (χ3n) is 5.17. The Morgan fingerprint density at radius 1 is 1.25 bits per heavy atom. The molecular formula is C22H26FN3O2. The predicted octanol–water partition coefficient (Wildman–Crippen LogP) is 3.43. The number of benzene rings is 1. The molecule has 1 aromatic heterocycles. The van der Waals surface area contributed by atoms with Crippen LogP contribution < -0.4 is 0 Å². The summed E-state index contributed by atoms with van der Waals surface area (Å²) in [6.07, 6.45) is 3.56. The lowest BCUT2D eigenvalue weighted by atomic mass is 10.0. The second-order valence-corrected chi connectivity index (χ2v) is 7.71. The first-order valence-electron chi connectivity index (χ1n) is 9.60. The summed E-state index contributed by atoms with van der Waals surface area (Å²) in [6.45, 7) is 7.27. The minimum absolute atomic E-state index is 0.0145. The van der Waals surface area contributed by atoms with Gasteiger partial charge in [-0.1, -0.05) is 26.0 Å². The number of carbonyl (C=O) groups excluding carboxylic acids is 2. The van der Waals surface area contributed by atoms with Crippen LogP contribution in [0.4, 0.5) is 4.39 Å². The Hall–Kier alpha value is -2.76. The molecule has 1 aliphatic rings. The Bertz CT molecular complexity index is 851. The number of rotatable bonds is 4. The number of nitrogens with zero attached hydrogens (tertiary/aromatic N) is 3. The lowest BCUT2D eigenvalue weighted by molar-refractivity contribution is -0.134. The summed E-state index contributed by atoms with van der Waals surface area (Å²) in [4.78, 5) is 33.6. The van der Waals surface area contributed by atoms with Crippen molar-refractivity contribution in [1.29, 1.82) is 0 Å². The number of halogens is 1. The standard InChI is InChI=1S/C22H26FN3O2/c1-15(2)20-14-25(22(28)18-10-16(3)11-24-12-18)9-8-21(27)26(20)13-17-4-6-19(23)7-5-17/h4-7,10-12,15,20H,8-9,13-14H2,1-3H3/t20-/m1/s1. The van der Waals surface area contributed by atoms with Gasteiger partial charge < -0.3 is 9.80 Å². The highest BCUT2D eigenvalue weighted by Crippen LogP contribution is 2.22. The molecular weight excluding hydrogens is 357 g/mol. The molecule has 2 aromatic rings. The van der Waals surface area contributed by atoms with Crippen LogP contribution in [0.3, 0.4) is 0 Å². The van der Waals surface area contributed by atoms with Crippen molar-refractivity contribution in [3.63, 3.8) is 0 Å². The Labute approximate surface area is 165 Å². The molecule has 1 aliphatic heterocycles. The maximum Gasteiger partial charge on any atom is 0.255 e. The van der Waals surface area contributed by atoms with Gasteiger partial charge in [0.15, 0.2) is 0 Å². The molecule has 0 aliphatic carbocycles. The largest absolute Gasteiger partial charge is 0.336 e. The molecule has 0 bridgehead atoms. The zero-order valence-electron chi connectivity index (χ0n) is 16.6. The van der Waals surface area contributed by atoms with E-state index in [-0.39, 0.29) is 36.0 Å². The van der Waals surface area contributed by atoms with Gasteiger partial charge in [-0.15, -0.1) is 0 Å². The second kappa shape index (κ2) is 8.50. The summed E-state index contributed by atoms with van der Waals surface area (Å²) in [5.74, 6) is -0.206. The molecule has 0 saturated carbocycles. The van der Waals surface area contributed by atoms with E-state index in [0.29, 0.717) is 25.2 Å². The molecule has 5 nitrogen and oxygen atoms in total. The third kappa shape index (κ3) is 4.55. The molecule has 1 saturated heterocycles. The first-order valence-corrected chi connectivity index (χ1v) is 9.60. The summed E-state index contributed by atoms with van der Waals surface area (Å²) in [7, 11) is 0. The fourth-order valence-corrected chi connectivity index (χ4v) is 3.58. The van der Waals surface area contributed by atoms with Crippen molar-refractivity contribution in [3.8, 4) is 0 Å². The molecule has 0 radical (unpaired) electrons. The van der Waals surface area contributed by atoms with Crippen molar-refractivity contribution in [2.45, 2.75) is 39.8 Å². The average molecular weight is 383 g/mol. The lowest BCUT2D eigenvalue weighted by Crippen LogP contribution is -2.47. The van der Waals surface area contributed by atoms with E-state index in [1.807, 2.05) is 17.9 Å². The average Bonchev–Trinajstić information content (AvgIpc) is 2.83. The van der Waals surface area contributed by atoms with Crippen LogP contribution in [-0.4, -0.2) is 45.7 Å². The molecule has 28 heavy (non-hydrogen) atoms. The van der Waals surface area contributed by atoms with Gasteiger partial charge in [0.25, 0.3) is 5.91 Å². The van der Waals surface area contributed by atoms with E-state index in [1.54, 1.807) is 29.4 Å². The molecule has 148 valence electrons. The topological polar surface area (TPSA) is 53.5 Å². The summed E-state index contributed by atoms with van der Waals surface area (Å²) in [5.41, 5.74) is 2.35. The number of hydrogen-bond donors (Lipinski definition) is 0. The fourth-order valence-electron chi connectivity index (χ4n) is 3.58. The molecule has 2 heterocycles. The zero-order chi connectivity index (χ0) is 20.3. The zero-order valence-corrected chi connectivity index (χ0v) is 16.6. The van der Waals surface area contributed by atoms with Crippen molar-refractivity contribution >= 4 is 11.8 Å². The second-order valence-electron chi connectivity index (χ2n) is 7.71. The van der Waals surface area contributed by atoms with Gasteiger partial charge in [-0.2, -0.15) is 0 Å². The maximum absolute atomic E-state index is 13.2. The summed E-state index contributed by atoms with van der Waals surface area (Å²) in [6, 6.07) is 7.92. The van der Waals surface area contributed by atoms with Crippen LogP contribution in [-0.2, 0) is 11.3 Å². The molecule has 1 atom stereocenters. The molecule has 1 fully saturated rings. The predicted molar refractivity (Wildman–Crippen MR) is 105 cm³/mol. The summed E-state index contributed by atoms with van der Waals surface area (Å²) in [5, 5.41) is 0. The molecule has 0 N–H and O–H groups in total. The third-order valence-corrected chi connectivity index (χ3v) is 5.17. The van der Waals surface area contributed by atoms with Crippen LogP contribution in [0.25, 0.3) is 0 Å². The van der Waals surface area contributed by atoms with Crippen molar-refractivity contribution in [3.05, 3.63) is 65.2 Å². The highest BCUT2D eigenvalue weighted by molar-refractivity contribution is 5.94. The first-order chi connectivity index (χ1) is 13.3. The minimum Gasteiger partial charge on any atom is -0.336 e. The van der Waals surface area contributed by atoms with Crippen LogP contribution in [0.15, 0.2) is 42.7 Å². The number of pyridine rings is 1. The molecule has 0 spiro atoms. The van der Waals surface area contributed by atoms with Crippen LogP contribution in [0, 0.1) is 18.7 Å². The molecule has 3 rings (SSSR count). The minimum atomic E-state index is -0.296. The van der Waals surface area contributed by atoms with Gasteiger partial charge in [0.2, 0.25) is 5.91 Å². The first kappa shape index (κ1) is 20.0. The van der Waals surface area contributed by atoms with Crippen LogP contribution in [0.5, 0.6) is 0 Å². The van der Waals surface area contributed by atoms with Crippen molar-refractivity contribution in [2.24, 2.45) is 5.92 Å². The summed E-state index contributed by atoms with van der Waals surface area (Å²) < 4.78 is 13.2. The smallest absolute Gasteiger partial charge is 0.255 e. The molecule has 1 aromatic carbocycles. The molecule has 6 heteroatoms. The Morgan fingerprint density at radius 2 is 1.96 bits per heavy atom. The summed E-state index contributed by atoms with van der Waals surface area (Å²) >= 11 is 0. The van der Waals surface area contributed by atoms with Crippen LogP contribution >= 0.6 is 0 Å². The van der Waals surface area contributed by atoms with Gasteiger partial charge in [0.1, 0.15) is 5.82 Å². The van der Waals surface area contributed by atoms with E-state index in [9.17, 15) is 14.0 Å². The van der Waals surface area contributed by atoms with E-state index < -0.39 is 0 Å². The van der Waals surface area contributed by atoms with E-state index in [1.165, 1.54) is 12.1 Å².